The van der Waals surface area contributed by atoms with Crippen molar-refractivity contribution in [3.63, 3.8) is 0 Å². The SMILES string of the molecule is CC(Oc1ccc(Cl)cc1Cl)c1cc(-c2ccc(N)cc2)n[nH]1. The van der Waals surface area contributed by atoms with Gasteiger partial charge < -0.3 is 10.5 Å². The maximum Gasteiger partial charge on any atom is 0.139 e. The molecule has 3 N–H and O–H groups in total. The molecule has 1 aromatic heterocycles. The van der Waals surface area contributed by atoms with Gasteiger partial charge in [-0.25, -0.2) is 0 Å². The van der Waals surface area contributed by atoms with E-state index in [4.69, 9.17) is 33.7 Å². The average molecular weight is 348 g/mol. The first-order valence-corrected chi connectivity index (χ1v) is 7.81. The Morgan fingerprint density at radius 3 is 2.52 bits per heavy atom. The van der Waals surface area contributed by atoms with Crippen molar-refractivity contribution in [1.29, 1.82) is 0 Å². The number of nitrogens with one attached hydrogen (secondary N) is 1. The van der Waals surface area contributed by atoms with E-state index < -0.39 is 0 Å². The van der Waals surface area contributed by atoms with Crippen LogP contribution in [0.25, 0.3) is 11.3 Å². The Morgan fingerprint density at radius 2 is 1.83 bits per heavy atom. The van der Waals surface area contributed by atoms with E-state index in [0.717, 1.165) is 22.6 Å². The molecule has 118 valence electrons. The summed E-state index contributed by atoms with van der Waals surface area (Å²) in [6.07, 6.45) is -0.233. The minimum Gasteiger partial charge on any atom is -0.483 e. The van der Waals surface area contributed by atoms with Crippen LogP contribution in [-0.4, -0.2) is 10.2 Å². The summed E-state index contributed by atoms with van der Waals surface area (Å²) in [5.74, 6) is 0.576. The highest BCUT2D eigenvalue weighted by molar-refractivity contribution is 6.35. The van der Waals surface area contributed by atoms with Crippen molar-refractivity contribution in [2.45, 2.75) is 13.0 Å². The maximum absolute atomic E-state index is 6.13. The van der Waals surface area contributed by atoms with E-state index in [1.165, 1.54) is 0 Å². The molecule has 4 nitrogen and oxygen atoms in total. The van der Waals surface area contributed by atoms with Gasteiger partial charge in [0.25, 0.3) is 0 Å². The van der Waals surface area contributed by atoms with Gasteiger partial charge in [-0.1, -0.05) is 35.3 Å². The number of nitrogens with two attached hydrogens (primary N) is 1. The highest BCUT2D eigenvalue weighted by Crippen LogP contribution is 2.31. The summed E-state index contributed by atoms with van der Waals surface area (Å²) in [5, 5.41) is 8.36. The second-order valence-electron chi connectivity index (χ2n) is 5.17. The molecule has 0 aliphatic carbocycles. The van der Waals surface area contributed by atoms with Gasteiger partial charge in [-0.2, -0.15) is 5.10 Å². The van der Waals surface area contributed by atoms with Gasteiger partial charge in [0.1, 0.15) is 11.9 Å². The van der Waals surface area contributed by atoms with Crippen LogP contribution >= 0.6 is 23.2 Å². The number of hydrogen-bond donors (Lipinski definition) is 2. The maximum atomic E-state index is 6.13. The van der Waals surface area contributed by atoms with Crippen LogP contribution in [0.15, 0.2) is 48.5 Å². The zero-order valence-electron chi connectivity index (χ0n) is 12.4. The zero-order chi connectivity index (χ0) is 16.4. The Morgan fingerprint density at radius 1 is 1.09 bits per heavy atom. The lowest BCUT2D eigenvalue weighted by atomic mass is 10.1. The monoisotopic (exact) mass is 347 g/mol. The van der Waals surface area contributed by atoms with Gasteiger partial charge in [0.2, 0.25) is 0 Å². The fourth-order valence-corrected chi connectivity index (χ4v) is 2.62. The number of halogens is 2. The second kappa shape index (κ2) is 6.52. The summed E-state index contributed by atoms with van der Waals surface area (Å²) in [5.41, 5.74) is 9.09. The molecule has 0 spiro atoms. The Balaban J connectivity index is 1.78. The number of hydrogen-bond acceptors (Lipinski definition) is 3. The van der Waals surface area contributed by atoms with Crippen molar-refractivity contribution in [1.82, 2.24) is 10.2 Å². The topological polar surface area (TPSA) is 63.9 Å². The molecule has 3 rings (SSSR count). The number of nitrogens with zero attached hydrogens (tertiary/aromatic N) is 1. The van der Waals surface area contributed by atoms with E-state index in [2.05, 4.69) is 10.2 Å². The third-order valence-electron chi connectivity index (χ3n) is 3.44. The summed E-state index contributed by atoms with van der Waals surface area (Å²) in [4.78, 5) is 0. The van der Waals surface area contributed by atoms with Crippen LogP contribution in [-0.2, 0) is 0 Å². The van der Waals surface area contributed by atoms with E-state index in [1.807, 2.05) is 37.3 Å². The quantitative estimate of drug-likeness (QED) is 0.644. The predicted molar refractivity (Wildman–Crippen MR) is 93.9 cm³/mol. The normalized spacial score (nSPS) is 12.1. The fraction of sp³-hybridized carbons (Fsp3) is 0.118. The van der Waals surface area contributed by atoms with Crippen molar-refractivity contribution < 1.29 is 4.74 Å². The Labute approximate surface area is 144 Å². The molecule has 0 aliphatic heterocycles. The van der Waals surface area contributed by atoms with Gasteiger partial charge in [0, 0.05) is 16.3 Å². The molecule has 1 atom stereocenters. The number of ether oxygens (including phenoxy) is 1. The third kappa shape index (κ3) is 3.60. The third-order valence-corrected chi connectivity index (χ3v) is 3.97. The van der Waals surface area contributed by atoms with Gasteiger partial charge in [0.15, 0.2) is 0 Å². The molecular formula is C17H15Cl2N3O. The largest absolute Gasteiger partial charge is 0.483 e. The first kappa shape index (κ1) is 15.7. The Bertz CT molecular complexity index is 815. The van der Waals surface area contributed by atoms with E-state index >= 15 is 0 Å². The minimum atomic E-state index is -0.233. The molecule has 0 bridgehead atoms. The number of rotatable bonds is 4. The van der Waals surface area contributed by atoms with Crippen molar-refractivity contribution >= 4 is 28.9 Å². The van der Waals surface area contributed by atoms with Crippen LogP contribution in [0.4, 0.5) is 5.69 Å². The van der Waals surface area contributed by atoms with Crippen LogP contribution in [0.3, 0.4) is 0 Å². The van der Waals surface area contributed by atoms with Gasteiger partial charge in [-0.05, 0) is 43.3 Å². The van der Waals surface area contributed by atoms with E-state index in [-0.39, 0.29) is 6.10 Å². The molecule has 1 heterocycles. The second-order valence-corrected chi connectivity index (χ2v) is 6.01. The molecule has 6 heteroatoms. The molecule has 0 saturated heterocycles. The molecule has 1 unspecified atom stereocenters. The highest BCUT2D eigenvalue weighted by atomic mass is 35.5. The average Bonchev–Trinajstić information content (AvgIpc) is 3.01. The van der Waals surface area contributed by atoms with Gasteiger partial charge in [0.05, 0.1) is 16.4 Å². The number of aromatic nitrogens is 2. The molecule has 3 aromatic rings. The lowest BCUT2D eigenvalue weighted by Gasteiger charge is -2.14. The summed E-state index contributed by atoms with van der Waals surface area (Å²) in [7, 11) is 0. The van der Waals surface area contributed by atoms with Crippen LogP contribution in [0.2, 0.25) is 10.0 Å². The summed E-state index contributed by atoms with van der Waals surface area (Å²) >= 11 is 12.0. The molecular weight excluding hydrogens is 333 g/mol. The summed E-state index contributed by atoms with van der Waals surface area (Å²) in [6, 6.07) is 14.6. The molecule has 0 saturated carbocycles. The summed E-state index contributed by atoms with van der Waals surface area (Å²) in [6.45, 7) is 1.92. The first-order chi connectivity index (χ1) is 11.0. The molecule has 0 radical (unpaired) electrons. The minimum absolute atomic E-state index is 0.233. The molecule has 0 amide bonds. The standard InChI is InChI=1S/C17H15Cl2N3O/c1-10(23-17-7-4-12(18)8-14(17)19)15-9-16(22-21-15)11-2-5-13(20)6-3-11/h2-10H,20H2,1H3,(H,21,22). The molecule has 0 aliphatic rings. The fourth-order valence-electron chi connectivity index (χ4n) is 2.17. The molecule has 2 aromatic carbocycles. The highest BCUT2D eigenvalue weighted by Gasteiger charge is 2.14. The Kier molecular flexibility index (Phi) is 4.46. The predicted octanol–water partition coefficient (Wildman–Crippen LogP) is 5.11. The smallest absolute Gasteiger partial charge is 0.139 e. The molecule has 23 heavy (non-hydrogen) atoms. The van der Waals surface area contributed by atoms with E-state index in [9.17, 15) is 0 Å². The Hall–Kier alpha value is -2.17. The van der Waals surface area contributed by atoms with Crippen molar-refractivity contribution in [2.75, 3.05) is 5.73 Å². The van der Waals surface area contributed by atoms with Crippen molar-refractivity contribution in [3.05, 3.63) is 64.3 Å². The van der Waals surface area contributed by atoms with E-state index in [0.29, 0.717) is 15.8 Å². The molecule has 0 fully saturated rings. The first-order valence-electron chi connectivity index (χ1n) is 7.06. The zero-order valence-corrected chi connectivity index (χ0v) is 13.9. The van der Waals surface area contributed by atoms with Crippen LogP contribution < -0.4 is 10.5 Å². The van der Waals surface area contributed by atoms with Gasteiger partial charge in [-0.15, -0.1) is 0 Å². The van der Waals surface area contributed by atoms with Crippen molar-refractivity contribution in [3.8, 4) is 17.0 Å². The number of nitrogen functional groups attached to an aromatic ring is 1. The number of aromatic amines is 1. The summed E-state index contributed by atoms with van der Waals surface area (Å²) < 4.78 is 5.87. The number of H-pyrrole nitrogens is 1. The lowest BCUT2D eigenvalue weighted by molar-refractivity contribution is 0.222. The number of benzene rings is 2. The van der Waals surface area contributed by atoms with E-state index in [1.54, 1.807) is 18.2 Å². The van der Waals surface area contributed by atoms with Crippen LogP contribution in [0, 0.1) is 0 Å². The van der Waals surface area contributed by atoms with Gasteiger partial charge in [-0.3, -0.25) is 5.10 Å². The van der Waals surface area contributed by atoms with Gasteiger partial charge >= 0.3 is 0 Å². The van der Waals surface area contributed by atoms with Crippen LogP contribution in [0.5, 0.6) is 5.75 Å². The van der Waals surface area contributed by atoms with Crippen molar-refractivity contribution in [2.24, 2.45) is 0 Å². The van der Waals surface area contributed by atoms with Crippen LogP contribution in [0.1, 0.15) is 18.7 Å². The number of anilines is 1. The lowest BCUT2D eigenvalue weighted by Crippen LogP contribution is -2.03.